The van der Waals surface area contributed by atoms with E-state index in [2.05, 4.69) is 12.2 Å². The van der Waals surface area contributed by atoms with Gasteiger partial charge in [0.05, 0.1) is 5.88 Å². The Balaban J connectivity index is 3.78. The zero-order valence-electron chi connectivity index (χ0n) is 8.75. The summed E-state index contributed by atoms with van der Waals surface area (Å²) in [5.74, 6) is -0.435. The molecule has 2 amide bonds. The van der Waals surface area contributed by atoms with Crippen LogP contribution < -0.4 is 10.6 Å². The average Bonchev–Trinajstić information content (AvgIpc) is 2.20. The van der Waals surface area contributed by atoms with Crippen molar-refractivity contribution in [2.45, 2.75) is 32.2 Å². The summed E-state index contributed by atoms with van der Waals surface area (Å²) in [6, 6.07) is -0.870. The second-order valence-electron chi connectivity index (χ2n) is 3.15. The third-order valence-electron chi connectivity index (χ3n) is 1.85. The Morgan fingerprint density at radius 1 is 1.40 bits per heavy atom. The Bertz CT molecular complexity index is 212. The highest BCUT2D eigenvalue weighted by molar-refractivity contribution is 6.20. The molecule has 15 heavy (non-hydrogen) atoms. The van der Waals surface area contributed by atoms with Crippen molar-refractivity contribution in [3.8, 4) is 0 Å². The van der Waals surface area contributed by atoms with Crippen molar-refractivity contribution in [1.82, 2.24) is 10.6 Å². The number of carboxylic acid groups (broad SMARTS) is 1. The summed E-state index contributed by atoms with van der Waals surface area (Å²) >= 11 is 5.46. The number of nitrogens with one attached hydrogen (secondary N) is 2. The van der Waals surface area contributed by atoms with Crippen molar-refractivity contribution in [1.29, 1.82) is 0 Å². The van der Waals surface area contributed by atoms with Gasteiger partial charge in [-0.15, -0.1) is 11.6 Å². The van der Waals surface area contributed by atoms with Gasteiger partial charge >= 0.3 is 6.09 Å². The van der Waals surface area contributed by atoms with E-state index in [1.807, 2.05) is 5.32 Å². The highest BCUT2D eigenvalue weighted by Crippen LogP contribution is 1.93. The molecule has 6 heteroatoms. The molecule has 0 radical (unpaired) electrons. The van der Waals surface area contributed by atoms with Crippen LogP contribution in [0.4, 0.5) is 4.79 Å². The molecule has 0 aliphatic rings. The van der Waals surface area contributed by atoms with Crippen LogP contribution in [0.25, 0.3) is 0 Å². The monoisotopic (exact) mass is 236 g/mol. The van der Waals surface area contributed by atoms with Gasteiger partial charge in [0, 0.05) is 6.54 Å². The van der Waals surface area contributed by atoms with Crippen LogP contribution in [-0.2, 0) is 4.79 Å². The lowest BCUT2D eigenvalue weighted by Crippen LogP contribution is -2.47. The lowest BCUT2D eigenvalue weighted by Gasteiger charge is -2.13. The lowest BCUT2D eigenvalue weighted by molar-refractivity contribution is -0.122. The predicted molar refractivity (Wildman–Crippen MR) is 58.2 cm³/mol. The predicted octanol–water partition coefficient (Wildman–Crippen LogP) is 1.17. The van der Waals surface area contributed by atoms with Crippen LogP contribution >= 0.6 is 11.6 Å². The van der Waals surface area contributed by atoms with Crippen LogP contribution in [0.3, 0.4) is 0 Å². The maximum atomic E-state index is 11.4. The van der Waals surface area contributed by atoms with Gasteiger partial charge in [-0.1, -0.05) is 19.8 Å². The van der Waals surface area contributed by atoms with E-state index in [4.69, 9.17) is 16.7 Å². The first-order chi connectivity index (χ1) is 7.11. The molecule has 0 saturated carbocycles. The molecule has 5 nitrogen and oxygen atoms in total. The summed E-state index contributed by atoms with van der Waals surface area (Å²) in [4.78, 5) is 21.7. The molecule has 0 spiro atoms. The van der Waals surface area contributed by atoms with Crippen molar-refractivity contribution >= 4 is 23.6 Å². The molecular weight excluding hydrogens is 220 g/mol. The zero-order valence-corrected chi connectivity index (χ0v) is 9.51. The maximum Gasteiger partial charge on any atom is 0.405 e. The van der Waals surface area contributed by atoms with Crippen LogP contribution in [0.2, 0.25) is 0 Å². The van der Waals surface area contributed by atoms with Crippen LogP contribution in [0, 0.1) is 0 Å². The molecule has 0 aromatic rings. The Kier molecular flexibility index (Phi) is 7.81. The second-order valence-corrected chi connectivity index (χ2v) is 3.46. The largest absolute Gasteiger partial charge is 0.465 e. The molecule has 1 atom stereocenters. The van der Waals surface area contributed by atoms with E-state index in [0.29, 0.717) is 6.54 Å². The number of carbonyl (C=O) groups excluding carboxylic acids is 1. The summed E-state index contributed by atoms with van der Waals surface area (Å²) in [6.45, 7) is 2.62. The highest BCUT2D eigenvalue weighted by atomic mass is 35.5. The van der Waals surface area contributed by atoms with E-state index in [1.54, 1.807) is 0 Å². The number of halogens is 1. The Morgan fingerprint density at radius 2 is 2.07 bits per heavy atom. The first-order valence-corrected chi connectivity index (χ1v) is 5.48. The summed E-state index contributed by atoms with van der Waals surface area (Å²) in [5, 5.41) is 13.1. The van der Waals surface area contributed by atoms with Gasteiger partial charge in [0.2, 0.25) is 5.91 Å². The Labute approximate surface area is 94.2 Å². The number of hydrogen-bond donors (Lipinski definition) is 3. The van der Waals surface area contributed by atoms with Gasteiger partial charge < -0.3 is 15.7 Å². The van der Waals surface area contributed by atoms with Crippen LogP contribution in [0.5, 0.6) is 0 Å². The molecule has 0 heterocycles. The molecule has 1 unspecified atom stereocenters. The molecule has 0 aliphatic heterocycles. The third kappa shape index (κ3) is 7.02. The summed E-state index contributed by atoms with van der Waals surface area (Å²) in [5.41, 5.74) is 0. The summed E-state index contributed by atoms with van der Waals surface area (Å²) in [6.07, 6.45) is 1.76. The van der Waals surface area contributed by atoms with Gasteiger partial charge in [-0.05, 0) is 6.42 Å². The number of alkyl halides is 1. The Hall–Kier alpha value is -0.970. The fourth-order valence-corrected chi connectivity index (χ4v) is 1.25. The van der Waals surface area contributed by atoms with Crippen molar-refractivity contribution in [2.75, 3.05) is 12.4 Å². The molecule has 0 rings (SSSR count). The van der Waals surface area contributed by atoms with Gasteiger partial charge in [0.1, 0.15) is 6.04 Å². The van der Waals surface area contributed by atoms with Crippen molar-refractivity contribution in [2.24, 2.45) is 0 Å². The molecule has 0 bridgehead atoms. The van der Waals surface area contributed by atoms with Crippen LogP contribution in [-0.4, -0.2) is 35.6 Å². The average molecular weight is 237 g/mol. The number of hydrogen-bond acceptors (Lipinski definition) is 2. The minimum absolute atomic E-state index is 0.0636. The quantitative estimate of drug-likeness (QED) is 0.459. The van der Waals surface area contributed by atoms with E-state index in [1.165, 1.54) is 0 Å². The molecule has 0 aromatic heterocycles. The highest BCUT2D eigenvalue weighted by Gasteiger charge is 2.18. The third-order valence-corrected chi connectivity index (χ3v) is 2.16. The standard InChI is InChI=1S/C9H17ClN2O3/c1-2-3-4-5-11-8(13)7(6-10)12-9(14)15/h7,12H,2-6H2,1H3,(H,11,13)(H,14,15). The first-order valence-electron chi connectivity index (χ1n) is 4.95. The van der Waals surface area contributed by atoms with Gasteiger partial charge in [-0.25, -0.2) is 4.79 Å². The minimum Gasteiger partial charge on any atom is -0.465 e. The van der Waals surface area contributed by atoms with Gasteiger partial charge in [-0.2, -0.15) is 0 Å². The molecule has 0 fully saturated rings. The SMILES string of the molecule is CCCCCNC(=O)C(CCl)NC(=O)O. The van der Waals surface area contributed by atoms with Gasteiger partial charge in [0.25, 0.3) is 0 Å². The van der Waals surface area contributed by atoms with Gasteiger partial charge in [-0.3, -0.25) is 4.79 Å². The van der Waals surface area contributed by atoms with Crippen LogP contribution in [0.15, 0.2) is 0 Å². The summed E-state index contributed by atoms with van der Waals surface area (Å²) in [7, 11) is 0. The molecular formula is C9H17ClN2O3. The number of unbranched alkanes of at least 4 members (excludes halogenated alkanes) is 2. The van der Waals surface area contributed by atoms with Crippen molar-refractivity contribution in [3.05, 3.63) is 0 Å². The maximum absolute atomic E-state index is 11.4. The lowest BCUT2D eigenvalue weighted by atomic mass is 10.2. The fraction of sp³-hybridized carbons (Fsp3) is 0.778. The van der Waals surface area contributed by atoms with Crippen molar-refractivity contribution < 1.29 is 14.7 Å². The zero-order chi connectivity index (χ0) is 11.7. The molecule has 0 aromatic carbocycles. The topological polar surface area (TPSA) is 78.4 Å². The molecule has 3 N–H and O–H groups in total. The number of carbonyl (C=O) groups is 2. The smallest absolute Gasteiger partial charge is 0.405 e. The van der Waals surface area contributed by atoms with E-state index in [9.17, 15) is 9.59 Å². The van der Waals surface area contributed by atoms with E-state index in [-0.39, 0.29) is 11.8 Å². The molecule has 0 saturated heterocycles. The summed E-state index contributed by atoms with van der Waals surface area (Å²) < 4.78 is 0. The van der Waals surface area contributed by atoms with E-state index >= 15 is 0 Å². The van der Waals surface area contributed by atoms with Crippen molar-refractivity contribution in [3.63, 3.8) is 0 Å². The van der Waals surface area contributed by atoms with E-state index < -0.39 is 12.1 Å². The normalized spacial score (nSPS) is 11.9. The van der Waals surface area contributed by atoms with E-state index in [0.717, 1.165) is 19.3 Å². The molecule has 88 valence electrons. The minimum atomic E-state index is -1.25. The number of rotatable bonds is 7. The number of amides is 2. The molecule has 0 aliphatic carbocycles. The fourth-order valence-electron chi connectivity index (χ4n) is 1.03. The van der Waals surface area contributed by atoms with Crippen LogP contribution in [0.1, 0.15) is 26.2 Å². The second kappa shape index (κ2) is 8.35. The Morgan fingerprint density at radius 3 is 2.53 bits per heavy atom. The first kappa shape index (κ1) is 14.0. The van der Waals surface area contributed by atoms with Gasteiger partial charge in [0.15, 0.2) is 0 Å².